The summed E-state index contributed by atoms with van der Waals surface area (Å²) in [4.78, 5) is 0. The van der Waals surface area contributed by atoms with Crippen molar-refractivity contribution in [3.63, 3.8) is 0 Å². The summed E-state index contributed by atoms with van der Waals surface area (Å²) < 4.78 is 13.1. The van der Waals surface area contributed by atoms with Gasteiger partial charge in [-0.15, -0.1) is 0 Å². The van der Waals surface area contributed by atoms with Gasteiger partial charge in [-0.05, 0) is 55.2 Å². The molecule has 3 heteroatoms. The molecule has 2 aliphatic rings. The number of nitrogens with one attached hydrogen (secondary N) is 1. The molecule has 1 aromatic rings. The van der Waals surface area contributed by atoms with E-state index in [-0.39, 0.29) is 11.9 Å². The molecular formula is C18H26FNO. The van der Waals surface area contributed by atoms with Gasteiger partial charge in [-0.25, -0.2) is 4.39 Å². The summed E-state index contributed by atoms with van der Waals surface area (Å²) in [5, 5.41) is 14.3. The summed E-state index contributed by atoms with van der Waals surface area (Å²) in [6.07, 6.45) is 6.58. The number of aliphatic hydroxyl groups is 1. The van der Waals surface area contributed by atoms with Crippen molar-refractivity contribution in [2.45, 2.75) is 57.1 Å². The summed E-state index contributed by atoms with van der Waals surface area (Å²) in [6.45, 7) is 2.87. The molecule has 3 atom stereocenters. The van der Waals surface area contributed by atoms with Gasteiger partial charge in [0.25, 0.3) is 0 Å². The smallest absolute Gasteiger partial charge is 0.123 e. The van der Waals surface area contributed by atoms with Crippen LogP contribution in [0.1, 0.15) is 57.1 Å². The van der Waals surface area contributed by atoms with Crippen molar-refractivity contribution >= 4 is 0 Å². The third kappa shape index (κ3) is 3.83. The number of halogens is 1. The van der Waals surface area contributed by atoms with Crippen LogP contribution >= 0.6 is 0 Å². The predicted octanol–water partition coefficient (Wildman–Crippen LogP) is 3.81. The van der Waals surface area contributed by atoms with E-state index in [1.165, 1.54) is 31.4 Å². The maximum Gasteiger partial charge on any atom is 0.123 e. The second-order valence-corrected chi connectivity index (χ2v) is 7.17. The molecule has 0 saturated heterocycles. The highest BCUT2D eigenvalue weighted by Gasteiger charge is 2.36. The van der Waals surface area contributed by atoms with Gasteiger partial charge in [-0.3, -0.25) is 0 Å². The Morgan fingerprint density at radius 2 is 2.00 bits per heavy atom. The van der Waals surface area contributed by atoms with Crippen LogP contribution in [0.25, 0.3) is 0 Å². The highest BCUT2D eigenvalue weighted by atomic mass is 19.1. The van der Waals surface area contributed by atoms with E-state index in [0.717, 1.165) is 24.8 Å². The predicted molar refractivity (Wildman–Crippen MR) is 82.4 cm³/mol. The van der Waals surface area contributed by atoms with Gasteiger partial charge in [0.2, 0.25) is 0 Å². The summed E-state index contributed by atoms with van der Waals surface area (Å²) >= 11 is 0. The van der Waals surface area contributed by atoms with Crippen molar-refractivity contribution in [1.82, 2.24) is 5.32 Å². The minimum Gasteiger partial charge on any atom is -0.389 e. The van der Waals surface area contributed by atoms with E-state index in [2.05, 4.69) is 12.2 Å². The van der Waals surface area contributed by atoms with E-state index in [1.54, 1.807) is 0 Å². The lowest BCUT2D eigenvalue weighted by atomic mass is 9.78. The van der Waals surface area contributed by atoms with Gasteiger partial charge < -0.3 is 10.4 Å². The Morgan fingerprint density at radius 1 is 1.29 bits per heavy atom. The molecule has 0 bridgehead atoms. The Morgan fingerprint density at radius 3 is 2.62 bits per heavy atom. The van der Waals surface area contributed by atoms with Gasteiger partial charge in [-0.1, -0.05) is 31.9 Å². The van der Waals surface area contributed by atoms with Crippen LogP contribution in [0.4, 0.5) is 4.39 Å². The van der Waals surface area contributed by atoms with Crippen LogP contribution in [0.15, 0.2) is 24.3 Å². The SMILES string of the molecule is CC1CCCC(O)(CNC(c2ccc(F)cc2)C2CC2)C1. The van der Waals surface area contributed by atoms with E-state index in [4.69, 9.17) is 0 Å². The molecule has 2 aliphatic carbocycles. The monoisotopic (exact) mass is 291 g/mol. The first-order valence-corrected chi connectivity index (χ1v) is 8.27. The van der Waals surface area contributed by atoms with Crippen molar-refractivity contribution in [3.8, 4) is 0 Å². The molecule has 1 aromatic carbocycles. The molecule has 2 nitrogen and oxygen atoms in total. The fourth-order valence-electron chi connectivity index (χ4n) is 3.75. The van der Waals surface area contributed by atoms with Crippen LogP contribution in [0, 0.1) is 17.7 Å². The van der Waals surface area contributed by atoms with Crippen LogP contribution in [-0.2, 0) is 0 Å². The minimum absolute atomic E-state index is 0.187. The van der Waals surface area contributed by atoms with E-state index < -0.39 is 5.60 Å². The van der Waals surface area contributed by atoms with Crippen LogP contribution in [0.3, 0.4) is 0 Å². The lowest BCUT2D eigenvalue weighted by Gasteiger charge is -2.37. The highest BCUT2D eigenvalue weighted by Crippen LogP contribution is 2.41. The van der Waals surface area contributed by atoms with Crippen LogP contribution in [0.5, 0.6) is 0 Å². The van der Waals surface area contributed by atoms with Crippen molar-refractivity contribution in [3.05, 3.63) is 35.6 Å². The van der Waals surface area contributed by atoms with Crippen LogP contribution in [-0.4, -0.2) is 17.3 Å². The van der Waals surface area contributed by atoms with Crippen LogP contribution < -0.4 is 5.32 Å². The number of hydrogen-bond donors (Lipinski definition) is 2. The number of benzene rings is 1. The van der Waals surface area contributed by atoms with Gasteiger partial charge in [-0.2, -0.15) is 0 Å². The Kier molecular flexibility index (Phi) is 4.32. The summed E-state index contributed by atoms with van der Waals surface area (Å²) in [5.74, 6) is 1.06. The average molecular weight is 291 g/mol. The molecular weight excluding hydrogens is 265 g/mol. The topological polar surface area (TPSA) is 32.3 Å². The zero-order valence-corrected chi connectivity index (χ0v) is 12.8. The van der Waals surface area contributed by atoms with Crippen molar-refractivity contribution < 1.29 is 9.50 Å². The maximum absolute atomic E-state index is 13.1. The van der Waals surface area contributed by atoms with Gasteiger partial charge in [0.05, 0.1) is 5.60 Å². The third-order valence-corrected chi connectivity index (χ3v) is 5.04. The van der Waals surface area contributed by atoms with Gasteiger partial charge in [0.15, 0.2) is 0 Å². The zero-order valence-electron chi connectivity index (χ0n) is 12.8. The molecule has 0 aliphatic heterocycles. The quantitative estimate of drug-likeness (QED) is 0.864. The summed E-state index contributed by atoms with van der Waals surface area (Å²) in [5.41, 5.74) is 0.580. The largest absolute Gasteiger partial charge is 0.389 e. The van der Waals surface area contributed by atoms with E-state index in [1.807, 2.05) is 12.1 Å². The Bertz CT molecular complexity index is 471. The molecule has 0 heterocycles. The molecule has 0 aromatic heterocycles. The lowest BCUT2D eigenvalue weighted by Crippen LogP contribution is -2.45. The van der Waals surface area contributed by atoms with Crippen molar-refractivity contribution in [2.75, 3.05) is 6.54 Å². The molecule has 3 rings (SSSR count). The van der Waals surface area contributed by atoms with Crippen molar-refractivity contribution in [2.24, 2.45) is 11.8 Å². The normalized spacial score (nSPS) is 31.1. The lowest BCUT2D eigenvalue weighted by molar-refractivity contribution is -0.0143. The van der Waals surface area contributed by atoms with E-state index in [9.17, 15) is 9.50 Å². The third-order valence-electron chi connectivity index (χ3n) is 5.04. The van der Waals surface area contributed by atoms with Gasteiger partial charge >= 0.3 is 0 Å². The first-order chi connectivity index (χ1) is 10.1. The Labute approximate surface area is 126 Å². The zero-order chi connectivity index (χ0) is 14.9. The van der Waals surface area contributed by atoms with Gasteiger partial charge in [0.1, 0.15) is 5.82 Å². The maximum atomic E-state index is 13.1. The highest BCUT2D eigenvalue weighted by molar-refractivity contribution is 5.22. The number of hydrogen-bond acceptors (Lipinski definition) is 2. The van der Waals surface area contributed by atoms with Crippen molar-refractivity contribution in [1.29, 1.82) is 0 Å². The molecule has 0 radical (unpaired) electrons. The summed E-state index contributed by atoms with van der Waals surface area (Å²) in [6, 6.07) is 7.07. The van der Waals surface area contributed by atoms with E-state index >= 15 is 0 Å². The minimum atomic E-state index is -0.565. The average Bonchev–Trinajstić information content (AvgIpc) is 3.25. The first kappa shape index (κ1) is 15.0. The molecule has 2 fully saturated rings. The standard InChI is InChI=1S/C18H26FNO/c1-13-3-2-10-18(21,11-13)12-20-17(14-4-5-14)15-6-8-16(19)9-7-15/h6-9,13-14,17,20-21H,2-5,10-12H2,1H3. The molecule has 2 saturated carbocycles. The van der Waals surface area contributed by atoms with E-state index in [0.29, 0.717) is 18.4 Å². The Hall–Kier alpha value is -0.930. The molecule has 0 amide bonds. The molecule has 116 valence electrons. The van der Waals surface area contributed by atoms with Crippen LogP contribution in [0.2, 0.25) is 0 Å². The molecule has 2 N–H and O–H groups in total. The fraction of sp³-hybridized carbons (Fsp3) is 0.667. The second kappa shape index (κ2) is 6.05. The molecule has 3 unspecified atom stereocenters. The molecule has 0 spiro atoms. The second-order valence-electron chi connectivity index (χ2n) is 7.17. The number of rotatable bonds is 5. The van der Waals surface area contributed by atoms with Gasteiger partial charge in [0, 0.05) is 12.6 Å². The summed E-state index contributed by atoms with van der Waals surface area (Å²) in [7, 11) is 0. The fourth-order valence-corrected chi connectivity index (χ4v) is 3.75. The Balaban J connectivity index is 1.64. The molecule has 21 heavy (non-hydrogen) atoms. The first-order valence-electron chi connectivity index (χ1n) is 8.27.